The van der Waals surface area contributed by atoms with Gasteiger partial charge in [-0.2, -0.15) is 0 Å². The molecule has 150 valence electrons. The number of ether oxygens (including phenoxy) is 2. The number of imidazole rings is 1. The quantitative estimate of drug-likeness (QED) is 0.571. The Morgan fingerprint density at radius 2 is 1.85 bits per heavy atom. The zero-order chi connectivity index (χ0) is 20.0. The minimum atomic E-state index is -0.0329. The molecule has 0 saturated carbocycles. The molecular weight excluding hydrogens is 412 g/mol. The van der Waals surface area contributed by atoms with E-state index in [9.17, 15) is 4.79 Å². The molecule has 0 atom stereocenters. The van der Waals surface area contributed by atoms with Crippen LogP contribution in [0.25, 0.3) is 11.0 Å². The number of rotatable bonds is 10. The van der Waals surface area contributed by atoms with Gasteiger partial charge in [-0.05, 0) is 19.9 Å². The van der Waals surface area contributed by atoms with Gasteiger partial charge in [-0.1, -0.05) is 15.9 Å². The average Bonchev–Trinajstić information content (AvgIpc) is 2.99. The van der Waals surface area contributed by atoms with Crippen LogP contribution >= 0.6 is 15.9 Å². The topological polar surface area (TPSA) is 73.6 Å². The lowest BCUT2D eigenvalue weighted by Crippen LogP contribution is -2.38. The summed E-state index contributed by atoms with van der Waals surface area (Å²) in [5, 5.41) is 0. The molecule has 0 unspecified atom stereocenters. The van der Waals surface area contributed by atoms with Crippen LogP contribution in [0.3, 0.4) is 0 Å². The SMILES string of the molecule is CCn1c(CN)[n+](CC)c2cc(Br)cc(C(=O)N(CCOC)CCOC)c21. The summed E-state index contributed by atoms with van der Waals surface area (Å²) in [6, 6.07) is 3.94. The first kappa shape index (κ1) is 21.8. The fourth-order valence-electron chi connectivity index (χ4n) is 3.45. The number of benzene rings is 1. The summed E-state index contributed by atoms with van der Waals surface area (Å²) in [5.41, 5.74) is 8.64. The zero-order valence-electron chi connectivity index (χ0n) is 16.6. The fraction of sp³-hybridized carbons (Fsp3) is 0.579. The summed E-state index contributed by atoms with van der Waals surface area (Å²) in [5.74, 6) is 0.983. The second kappa shape index (κ2) is 10.2. The molecule has 0 spiro atoms. The number of carbonyl (C=O) groups is 1. The Morgan fingerprint density at radius 3 is 2.33 bits per heavy atom. The van der Waals surface area contributed by atoms with Crippen molar-refractivity contribution in [1.29, 1.82) is 0 Å². The molecule has 2 aromatic rings. The van der Waals surface area contributed by atoms with Crippen LogP contribution in [-0.4, -0.2) is 55.9 Å². The lowest BCUT2D eigenvalue weighted by molar-refractivity contribution is -0.676. The number of aromatic nitrogens is 2. The third-order valence-electron chi connectivity index (χ3n) is 4.70. The summed E-state index contributed by atoms with van der Waals surface area (Å²) in [4.78, 5) is 15.2. The van der Waals surface area contributed by atoms with Crippen molar-refractivity contribution in [3.8, 4) is 0 Å². The van der Waals surface area contributed by atoms with E-state index in [0.29, 0.717) is 38.4 Å². The van der Waals surface area contributed by atoms with Crippen LogP contribution in [0.1, 0.15) is 30.0 Å². The first-order valence-electron chi connectivity index (χ1n) is 9.25. The molecular formula is C19H30BrN4O3+. The van der Waals surface area contributed by atoms with Gasteiger partial charge in [0.05, 0.1) is 38.4 Å². The Bertz CT molecular complexity index is 783. The Kier molecular flexibility index (Phi) is 8.22. The number of fused-ring (bicyclic) bond motifs is 1. The van der Waals surface area contributed by atoms with Crippen LogP contribution in [0.4, 0.5) is 0 Å². The van der Waals surface area contributed by atoms with Crippen molar-refractivity contribution in [2.45, 2.75) is 33.5 Å². The van der Waals surface area contributed by atoms with Crippen LogP contribution < -0.4 is 10.3 Å². The maximum atomic E-state index is 13.4. The largest absolute Gasteiger partial charge is 0.383 e. The molecule has 2 rings (SSSR count). The predicted octanol–water partition coefficient (Wildman–Crippen LogP) is 1.92. The normalized spacial score (nSPS) is 11.3. The molecule has 0 aliphatic carbocycles. The van der Waals surface area contributed by atoms with Crippen LogP contribution in [0.15, 0.2) is 16.6 Å². The average molecular weight is 442 g/mol. The third kappa shape index (κ3) is 4.51. The highest BCUT2D eigenvalue weighted by atomic mass is 79.9. The second-order valence-corrected chi connectivity index (χ2v) is 7.12. The first-order chi connectivity index (χ1) is 13.0. The van der Waals surface area contributed by atoms with Gasteiger partial charge >= 0.3 is 0 Å². The van der Waals surface area contributed by atoms with E-state index in [1.807, 2.05) is 6.07 Å². The summed E-state index contributed by atoms with van der Waals surface area (Å²) in [6.07, 6.45) is 0. The van der Waals surface area contributed by atoms with Crippen molar-refractivity contribution < 1.29 is 18.8 Å². The van der Waals surface area contributed by atoms with Crippen LogP contribution in [0.2, 0.25) is 0 Å². The molecule has 1 heterocycles. The molecule has 1 aromatic heterocycles. The van der Waals surface area contributed by atoms with Crippen molar-refractivity contribution in [2.24, 2.45) is 5.73 Å². The van der Waals surface area contributed by atoms with Gasteiger partial charge in [-0.3, -0.25) is 4.79 Å². The molecule has 0 aliphatic heterocycles. The number of hydrogen-bond donors (Lipinski definition) is 1. The number of halogens is 1. The van der Waals surface area contributed by atoms with Gasteiger partial charge in [0.15, 0.2) is 11.0 Å². The van der Waals surface area contributed by atoms with Gasteiger partial charge in [0.2, 0.25) is 0 Å². The Morgan fingerprint density at radius 1 is 1.22 bits per heavy atom. The Hall–Kier alpha value is -1.48. The van der Waals surface area contributed by atoms with E-state index in [1.165, 1.54) is 0 Å². The Labute approximate surface area is 169 Å². The molecule has 7 nitrogen and oxygen atoms in total. The molecule has 0 bridgehead atoms. The minimum Gasteiger partial charge on any atom is -0.383 e. The summed E-state index contributed by atoms with van der Waals surface area (Å²) >= 11 is 3.57. The summed E-state index contributed by atoms with van der Waals surface area (Å²) in [7, 11) is 3.27. The number of aryl methyl sites for hydroxylation is 2. The number of methoxy groups -OCH3 is 2. The first-order valence-corrected chi connectivity index (χ1v) is 10.0. The second-order valence-electron chi connectivity index (χ2n) is 6.21. The van der Waals surface area contributed by atoms with E-state index in [0.717, 1.165) is 34.4 Å². The number of nitrogens with two attached hydrogens (primary N) is 1. The molecule has 0 fully saturated rings. The molecule has 8 heteroatoms. The summed E-state index contributed by atoms with van der Waals surface area (Å²) in [6.45, 7) is 8.08. The monoisotopic (exact) mass is 441 g/mol. The highest BCUT2D eigenvalue weighted by Gasteiger charge is 2.29. The van der Waals surface area contributed by atoms with Gasteiger partial charge in [-0.15, -0.1) is 0 Å². The van der Waals surface area contributed by atoms with Gasteiger partial charge in [0.25, 0.3) is 11.7 Å². The van der Waals surface area contributed by atoms with Crippen molar-refractivity contribution in [3.05, 3.63) is 28.0 Å². The van der Waals surface area contributed by atoms with E-state index in [4.69, 9.17) is 15.2 Å². The molecule has 0 aliphatic rings. The van der Waals surface area contributed by atoms with Crippen molar-refractivity contribution in [1.82, 2.24) is 9.47 Å². The van der Waals surface area contributed by atoms with Gasteiger partial charge in [0, 0.05) is 37.8 Å². The standard InChI is InChI=1S/C19H30BrN4O3/c1-5-23-16-12-14(20)11-15(18(16)24(6-2)17(23)13-21)19(25)22(7-9-26-3)8-10-27-4/h11-12H,5-10,13,21H2,1-4H3/q+1. The maximum absolute atomic E-state index is 13.4. The Balaban J connectivity index is 2.65. The zero-order valence-corrected chi connectivity index (χ0v) is 18.2. The smallest absolute Gasteiger partial charge is 0.271 e. The molecule has 1 aromatic carbocycles. The van der Waals surface area contributed by atoms with Gasteiger partial charge < -0.3 is 20.1 Å². The third-order valence-corrected chi connectivity index (χ3v) is 5.16. The van der Waals surface area contributed by atoms with Crippen LogP contribution in [0.5, 0.6) is 0 Å². The maximum Gasteiger partial charge on any atom is 0.271 e. The summed E-state index contributed by atoms with van der Waals surface area (Å²) < 4.78 is 15.6. The molecule has 1 amide bonds. The molecule has 0 saturated heterocycles. The highest BCUT2D eigenvalue weighted by Crippen LogP contribution is 2.26. The molecule has 2 N–H and O–H groups in total. The van der Waals surface area contributed by atoms with Crippen LogP contribution in [-0.2, 0) is 29.1 Å². The number of carbonyl (C=O) groups excluding carboxylic acids is 1. The van der Waals surface area contributed by atoms with Crippen molar-refractivity contribution in [2.75, 3.05) is 40.5 Å². The number of amides is 1. The van der Waals surface area contributed by atoms with Crippen molar-refractivity contribution in [3.63, 3.8) is 0 Å². The number of nitrogens with zero attached hydrogens (tertiary/aromatic N) is 3. The van der Waals surface area contributed by atoms with E-state index >= 15 is 0 Å². The van der Waals surface area contributed by atoms with E-state index in [2.05, 4.69) is 45.0 Å². The lowest BCUT2D eigenvalue weighted by Gasteiger charge is -2.22. The predicted molar refractivity (Wildman–Crippen MR) is 109 cm³/mol. The van der Waals surface area contributed by atoms with Crippen molar-refractivity contribution >= 4 is 32.9 Å². The van der Waals surface area contributed by atoms with Gasteiger partial charge in [-0.25, -0.2) is 9.13 Å². The highest BCUT2D eigenvalue weighted by molar-refractivity contribution is 9.10. The minimum absolute atomic E-state index is 0.0329. The fourth-order valence-corrected chi connectivity index (χ4v) is 3.90. The van der Waals surface area contributed by atoms with E-state index in [-0.39, 0.29) is 5.91 Å². The lowest BCUT2D eigenvalue weighted by atomic mass is 10.1. The van der Waals surface area contributed by atoms with Crippen LogP contribution in [0, 0.1) is 0 Å². The molecule has 27 heavy (non-hydrogen) atoms. The number of hydrogen-bond acceptors (Lipinski definition) is 4. The van der Waals surface area contributed by atoms with E-state index in [1.54, 1.807) is 19.1 Å². The van der Waals surface area contributed by atoms with Gasteiger partial charge in [0.1, 0.15) is 0 Å². The van der Waals surface area contributed by atoms with E-state index < -0.39 is 0 Å². The molecule has 0 radical (unpaired) electrons.